The molecule has 2 aliphatic rings. The summed E-state index contributed by atoms with van der Waals surface area (Å²) in [7, 11) is 0. The molecule has 2 saturated heterocycles. The second kappa shape index (κ2) is 12.7. The van der Waals surface area contributed by atoms with Crippen molar-refractivity contribution in [3.63, 3.8) is 0 Å². The first-order chi connectivity index (χ1) is 21.3. The van der Waals surface area contributed by atoms with E-state index in [-0.39, 0.29) is 33.8 Å². The highest BCUT2D eigenvalue weighted by molar-refractivity contribution is 5.86. The molecular weight excluding hydrogens is 608 g/mol. The fourth-order valence-electron chi connectivity index (χ4n) is 4.93. The Labute approximate surface area is 252 Å². The number of aliphatic hydroxyl groups excluding tert-OH is 6. The van der Waals surface area contributed by atoms with Crippen molar-refractivity contribution in [1.82, 2.24) is 0 Å². The van der Waals surface area contributed by atoms with Gasteiger partial charge in [-0.25, -0.2) is 0 Å². The lowest BCUT2D eigenvalue weighted by molar-refractivity contribution is -0.277. The molecule has 1 aromatic heterocycles. The number of phenolic OH excluding ortho intramolecular Hbond substituents is 3. The largest absolute Gasteiger partial charge is 0.507 e. The number of aliphatic hydroxyl groups is 6. The zero-order valence-electron chi connectivity index (χ0n) is 23.3. The van der Waals surface area contributed by atoms with Crippen molar-refractivity contribution >= 4 is 16.9 Å². The first-order valence-corrected chi connectivity index (χ1v) is 13.4. The van der Waals surface area contributed by atoms with Crippen LogP contribution >= 0.6 is 0 Å². The molecule has 0 amide bonds. The van der Waals surface area contributed by atoms with Crippen LogP contribution in [0.25, 0.3) is 22.3 Å². The Bertz CT molecular complexity index is 1620. The summed E-state index contributed by atoms with van der Waals surface area (Å²) >= 11 is 0. The number of hydrogen-bond acceptors (Lipinski definition) is 17. The van der Waals surface area contributed by atoms with E-state index >= 15 is 0 Å². The van der Waals surface area contributed by atoms with E-state index in [0.29, 0.717) is 0 Å². The lowest BCUT2D eigenvalue weighted by Gasteiger charge is -2.39. The second-order valence-electron chi connectivity index (χ2n) is 10.4. The third-order valence-corrected chi connectivity index (χ3v) is 7.20. The predicted octanol–water partition coefficient (Wildman–Crippen LogP) is -1.86. The molecule has 0 radical (unpaired) electrons. The molecule has 3 heterocycles. The fourth-order valence-corrected chi connectivity index (χ4v) is 4.93. The molecule has 0 bridgehead atoms. The third kappa shape index (κ3) is 6.33. The van der Waals surface area contributed by atoms with E-state index in [1.165, 1.54) is 0 Å². The first kappa shape index (κ1) is 32.2. The molecule has 0 spiro atoms. The summed E-state index contributed by atoms with van der Waals surface area (Å²) in [6, 6.07) is 4.95. The van der Waals surface area contributed by atoms with Crippen molar-refractivity contribution in [3.8, 4) is 40.1 Å². The molecule has 0 saturated carbocycles. The van der Waals surface area contributed by atoms with Crippen molar-refractivity contribution < 1.29 is 78.9 Å². The number of carbonyl (C=O) groups excluding carboxylic acids is 1. The van der Waals surface area contributed by atoms with E-state index < -0.39 is 97.2 Å². The molecule has 2 aromatic carbocycles. The summed E-state index contributed by atoms with van der Waals surface area (Å²) in [5.74, 6) is -3.57. The molecule has 5 rings (SSSR count). The van der Waals surface area contributed by atoms with Gasteiger partial charge in [0.25, 0.3) is 0 Å². The lowest BCUT2D eigenvalue weighted by Crippen LogP contribution is -2.60. The second-order valence-corrected chi connectivity index (χ2v) is 10.4. The zero-order chi connectivity index (χ0) is 32.7. The van der Waals surface area contributed by atoms with Gasteiger partial charge >= 0.3 is 5.97 Å². The minimum absolute atomic E-state index is 0.157. The molecule has 9 atom stereocenters. The van der Waals surface area contributed by atoms with Crippen LogP contribution in [-0.2, 0) is 19.0 Å². The molecule has 0 aliphatic carbocycles. The molecule has 17 heteroatoms. The molecule has 2 aliphatic heterocycles. The average molecular weight is 639 g/mol. The summed E-state index contributed by atoms with van der Waals surface area (Å²) < 4.78 is 32.7. The summed E-state index contributed by atoms with van der Waals surface area (Å²) in [4.78, 5) is 24.5. The quantitative estimate of drug-likeness (QED) is 0.101. The lowest BCUT2D eigenvalue weighted by atomic mass is 9.99. The smallest absolute Gasteiger partial charge is 0.303 e. The van der Waals surface area contributed by atoms with Gasteiger partial charge in [0.2, 0.25) is 12.6 Å². The van der Waals surface area contributed by atoms with E-state index in [0.717, 1.165) is 37.3 Å². The Morgan fingerprint density at radius 3 is 2.27 bits per heavy atom. The van der Waals surface area contributed by atoms with Gasteiger partial charge in [0.05, 0.1) is 18.8 Å². The van der Waals surface area contributed by atoms with Crippen LogP contribution in [-0.4, -0.2) is 120 Å². The van der Waals surface area contributed by atoms with Crippen molar-refractivity contribution in [3.05, 3.63) is 40.6 Å². The van der Waals surface area contributed by atoms with Gasteiger partial charge in [0, 0.05) is 31.2 Å². The highest BCUT2D eigenvalue weighted by Crippen LogP contribution is 2.41. The molecule has 9 N–H and O–H groups in total. The fraction of sp³-hybridized carbons (Fsp3) is 0.429. The SMILES string of the molecule is CC(=O)OC1C(O)COC(Oc2cc(O)c(O)cc2-c2cc(=O)c3c(O)cc(OC4OC(CO)C(O)C(O)C4O)cc3o2)C1O. The van der Waals surface area contributed by atoms with Gasteiger partial charge in [-0.2, -0.15) is 0 Å². The van der Waals surface area contributed by atoms with Crippen molar-refractivity contribution in [2.75, 3.05) is 13.2 Å². The predicted molar refractivity (Wildman–Crippen MR) is 145 cm³/mol. The summed E-state index contributed by atoms with van der Waals surface area (Å²) in [6.07, 6.45) is -14.2. The van der Waals surface area contributed by atoms with Crippen LogP contribution in [0.2, 0.25) is 0 Å². The van der Waals surface area contributed by atoms with Crippen molar-refractivity contribution in [2.24, 2.45) is 0 Å². The number of benzene rings is 2. The number of fused-ring (bicyclic) bond motifs is 1. The Morgan fingerprint density at radius 2 is 1.58 bits per heavy atom. The number of carbonyl (C=O) groups is 1. The summed E-state index contributed by atoms with van der Waals surface area (Å²) in [6.45, 7) is -0.0643. The standard InChI is InChI=1S/C28H30O17/c1-9(30)41-26-16(35)8-40-27(25(26)39)44-18-5-13(32)12(31)4-11(18)17-6-15(34)21-14(33)2-10(3-19(21)43-17)42-28-24(38)23(37)22(36)20(7-29)45-28/h2-6,16,20,22-29,31-33,35-39H,7-8H2,1H3. The Hall–Kier alpha value is -4.20. The van der Waals surface area contributed by atoms with Gasteiger partial charge in [-0.1, -0.05) is 0 Å². The minimum atomic E-state index is -1.78. The van der Waals surface area contributed by atoms with Crippen LogP contribution < -0.4 is 14.9 Å². The average Bonchev–Trinajstić information content (AvgIpc) is 2.98. The Morgan fingerprint density at radius 1 is 0.867 bits per heavy atom. The number of esters is 1. The normalized spacial score (nSPS) is 30.2. The maximum absolute atomic E-state index is 13.1. The van der Waals surface area contributed by atoms with Gasteiger partial charge in [-0.05, 0) is 6.07 Å². The maximum atomic E-state index is 13.1. The zero-order valence-corrected chi connectivity index (χ0v) is 23.3. The van der Waals surface area contributed by atoms with Gasteiger partial charge in [0.15, 0.2) is 29.1 Å². The molecule has 2 fully saturated rings. The Kier molecular flexibility index (Phi) is 9.06. The van der Waals surface area contributed by atoms with Crippen LogP contribution in [0, 0.1) is 0 Å². The molecule has 3 aromatic rings. The van der Waals surface area contributed by atoms with Gasteiger partial charge < -0.3 is 74.1 Å². The number of phenols is 3. The molecule has 244 valence electrons. The highest BCUT2D eigenvalue weighted by atomic mass is 16.7. The van der Waals surface area contributed by atoms with E-state index in [9.17, 15) is 55.5 Å². The van der Waals surface area contributed by atoms with Crippen molar-refractivity contribution in [2.45, 2.75) is 62.2 Å². The number of aromatic hydroxyl groups is 3. The topological polar surface area (TPSA) is 275 Å². The van der Waals surface area contributed by atoms with Gasteiger partial charge in [0.1, 0.15) is 64.5 Å². The number of hydrogen-bond donors (Lipinski definition) is 9. The van der Waals surface area contributed by atoms with Crippen molar-refractivity contribution in [1.29, 1.82) is 0 Å². The monoisotopic (exact) mass is 638 g/mol. The van der Waals surface area contributed by atoms with Crippen LogP contribution in [0.15, 0.2) is 39.5 Å². The van der Waals surface area contributed by atoms with Crippen LogP contribution in [0.5, 0.6) is 28.7 Å². The maximum Gasteiger partial charge on any atom is 0.303 e. The van der Waals surface area contributed by atoms with Crippen LogP contribution in [0.4, 0.5) is 0 Å². The highest BCUT2D eigenvalue weighted by Gasteiger charge is 2.45. The number of ether oxygens (including phenoxy) is 5. The molecule has 45 heavy (non-hydrogen) atoms. The molecule has 17 nitrogen and oxygen atoms in total. The van der Waals surface area contributed by atoms with E-state index in [4.69, 9.17) is 28.1 Å². The van der Waals surface area contributed by atoms with E-state index in [1.807, 2.05) is 0 Å². The van der Waals surface area contributed by atoms with Crippen LogP contribution in [0.3, 0.4) is 0 Å². The van der Waals surface area contributed by atoms with Gasteiger partial charge in [-0.3, -0.25) is 9.59 Å². The summed E-state index contributed by atoms with van der Waals surface area (Å²) in [5.41, 5.74) is -1.23. The number of rotatable bonds is 7. The van der Waals surface area contributed by atoms with E-state index in [1.54, 1.807) is 0 Å². The van der Waals surface area contributed by atoms with Crippen LogP contribution in [0.1, 0.15) is 6.92 Å². The van der Waals surface area contributed by atoms with Gasteiger partial charge in [-0.15, -0.1) is 0 Å². The first-order valence-electron chi connectivity index (χ1n) is 13.4. The minimum Gasteiger partial charge on any atom is -0.507 e. The van der Waals surface area contributed by atoms with E-state index in [2.05, 4.69) is 0 Å². The summed E-state index contributed by atoms with van der Waals surface area (Å²) in [5, 5.41) is 91.2. The molecule has 9 unspecified atom stereocenters. The Balaban J connectivity index is 1.51. The third-order valence-electron chi connectivity index (χ3n) is 7.20. The molecular formula is C28H30O17.